The first-order valence-electron chi connectivity index (χ1n) is 9.61. The average molecular weight is 379 g/mol. The summed E-state index contributed by atoms with van der Waals surface area (Å²) >= 11 is 0. The molecule has 1 aromatic carbocycles. The van der Waals surface area contributed by atoms with E-state index in [1.54, 1.807) is 14.2 Å². The van der Waals surface area contributed by atoms with Gasteiger partial charge in [-0.15, -0.1) is 0 Å². The van der Waals surface area contributed by atoms with Gasteiger partial charge in [-0.1, -0.05) is 0 Å². The SMILES string of the molecule is CCNC(=NCC(C)N1CCOCC1)N(C)Cc1ccc(OC)cc1OC. The van der Waals surface area contributed by atoms with Crippen LogP contribution in [0.25, 0.3) is 0 Å². The van der Waals surface area contributed by atoms with Gasteiger partial charge in [0.2, 0.25) is 0 Å². The molecule has 152 valence electrons. The number of hydrogen-bond donors (Lipinski definition) is 1. The molecule has 1 heterocycles. The molecule has 2 rings (SSSR count). The van der Waals surface area contributed by atoms with E-state index in [2.05, 4.69) is 29.0 Å². The molecule has 0 radical (unpaired) electrons. The summed E-state index contributed by atoms with van der Waals surface area (Å²) in [7, 11) is 5.39. The maximum atomic E-state index is 5.52. The zero-order chi connectivity index (χ0) is 19.6. The quantitative estimate of drug-likeness (QED) is 0.550. The van der Waals surface area contributed by atoms with Gasteiger partial charge >= 0.3 is 0 Å². The first kappa shape index (κ1) is 21.3. The molecular formula is C20H34N4O3. The molecule has 1 aliphatic rings. The number of benzene rings is 1. The standard InChI is InChI=1S/C20H34N4O3/c1-6-21-20(22-14-16(2)24-9-11-27-12-10-24)23(3)15-17-7-8-18(25-4)13-19(17)26-5/h7-8,13,16H,6,9-12,14-15H2,1-5H3,(H,21,22). The van der Waals surface area contributed by atoms with E-state index in [0.717, 1.165) is 62.4 Å². The monoisotopic (exact) mass is 378 g/mol. The molecule has 1 N–H and O–H groups in total. The van der Waals surface area contributed by atoms with E-state index in [4.69, 9.17) is 19.2 Å². The van der Waals surface area contributed by atoms with Gasteiger partial charge in [0.25, 0.3) is 0 Å². The third-order valence-electron chi connectivity index (χ3n) is 4.77. The van der Waals surface area contributed by atoms with E-state index in [9.17, 15) is 0 Å². The van der Waals surface area contributed by atoms with E-state index in [1.807, 2.05) is 25.2 Å². The first-order valence-corrected chi connectivity index (χ1v) is 9.61. The fourth-order valence-corrected chi connectivity index (χ4v) is 3.13. The Morgan fingerprint density at radius 1 is 1.30 bits per heavy atom. The van der Waals surface area contributed by atoms with Crippen LogP contribution >= 0.6 is 0 Å². The molecule has 1 fully saturated rings. The second-order valence-corrected chi connectivity index (χ2v) is 6.73. The molecule has 7 heteroatoms. The van der Waals surface area contributed by atoms with Crippen molar-refractivity contribution in [2.24, 2.45) is 4.99 Å². The minimum Gasteiger partial charge on any atom is -0.497 e. The van der Waals surface area contributed by atoms with E-state index in [-0.39, 0.29) is 0 Å². The van der Waals surface area contributed by atoms with Gasteiger partial charge in [0.15, 0.2) is 5.96 Å². The molecule has 7 nitrogen and oxygen atoms in total. The Labute approximate surface area is 163 Å². The van der Waals surface area contributed by atoms with E-state index >= 15 is 0 Å². The third kappa shape index (κ3) is 6.29. The highest BCUT2D eigenvalue weighted by atomic mass is 16.5. The number of aliphatic imine (C=N–C) groups is 1. The molecule has 1 aliphatic heterocycles. The van der Waals surface area contributed by atoms with Gasteiger partial charge in [-0.25, -0.2) is 0 Å². The van der Waals surface area contributed by atoms with Gasteiger partial charge in [-0.3, -0.25) is 9.89 Å². The molecule has 27 heavy (non-hydrogen) atoms. The Kier molecular flexibility index (Phi) is 8.67. The van der Waals surface area contributed by atoms with Crippen LogP contribution < -0.4 is 14.8 Å². The van der Waals surface area contributed by atoms with Crippen LogP contribution in [0, 0.1) is 0 Å². The lowest BCUT2D eigenvalue weighted by molar-refractivity contribution is 0.0220. The molecule has 1 unspecified atom stereocenters. The second-order valence-electron chi connectivity index (χ2n) is 6.73. The van der Waals surface area contributed by atoms with Crippen molar-refractivity contribution in [1.82, 2.24) is 15.1 Å². The number of guanidine groups is 1. The van der Waals surface area contributed by atoms with Crippen molar-refractivity contribution in [2.45, 2.75) is 26.4 Å². The van der Waals surface area contributed by atoms with Crippen molar-refractivity contribution in [1.29, 1.82) is 0 Å². The number of nitrogens with one attached hydrogen (secondary N) is 1. The van der Waals surface area contributed by atoms with Crippen LogP contribution in [0.2, 0.25) is 0 Å². The molecule has 0 aliphatic carbocycles. The summed E-state index contributed by atoms with van der Waals surface area (Å²) < 4.78 is 16.2. The number of methoxy groups -OCH3 is 2. The molecule has 0 saturated carbocycles. The molecule has 0 amide bonds. The van der Waals surface area contributed by atoms with Crippen molar-refractivity contribution in [3.05, 3.63) is 23.8 Å². The van der Waals surface area contributed by atoms with Gasteiger partial charge in [-0.2, -0.15) is 0 Å². The highest BCUT2D eigenvalue weighted by molar-refractivity contribution is 5.79. The normalized spacial score (nSPS) is 16.7. The Morgan fingerprint density at radius 3 is 2.67 bits per heavy atom. The largest absolute Gasteiger partial charge is 0.497 e. The van der Waals surface area contributed by atoms with Crippen molar-refractivity contribution in [3.8, 4) is 11.5 Å². The zero-order valence-corrected chi connectivity index (χ0v) is 17.3. The summed E-state index contributed by atoms with van der Waals surface area (Å²) in [5.74, 6) is 2.51. The highest BCUT2D eigenvalue weighted by Gasteiger charge is 2.17. The minimum absolute atomic E-state index is 0.395. The van der Waals surface area contributed by atoms with Gasteiger partial charge in [0.1, 0.15) is 11.5 Å². The molecule has 0 spiro atoms. The Balaban J connectivity index is 2.04. The Morgan fingerprint density at radius 2 is 2.04 bits per heavy atom. The molecular weight excluding hydrogens is 344 g/mol. The lowest BCUT2D eigenvalue weighted by atomic mass is 10.2. The predicted octanol–water partition coefficient (Wildman–Crippen LogP) is 1.82. The average Bonchev–Trinajstić information content (AvgIpc) is 2.71. The summed E-state index contributed by atoms with van der Waals surface area (Å²) in [6.45, 7) is 10.2. The van der Waals surface area contributed by atoms with Gasteiger partial charge in [0.05, 0.1) is 34.0 Å². The van der Waals surface area contributed by atoms with Crippen LogP contribution in [0.15, 0.2) is 23.2 Å². The number of ether oxygens (including phenoxy) is 3. The fraction of sp³-hybridized carbons (Fsp3) is 0.650. The molecule has 1 saturated heterocycles. The topological polar surface area (TPSA) is 58.6 Å². The number of morpholine rings is 1. The van der Waals surface area contributed by atoms with E-state index < -0.39 is 0 Å². The molecule has 0 bridgehead atoms. The van der Waals surface area contributed by atoms with Crippen LogP contribution in [0.3, 0.4) is 0 Å². The number of hydrogen-bond acceptors (Lipinski definition) is 5. The van der Waals surface area contributed by atoms with Crippen molar-refractivity contribution >= 4 is 5.96 Å². The number of nitrogens with zero attached hydrogens (tertiary/aromatic N) is 3. The molecule has 0 aromatic heterocycles. The summed E-state index contributed by atoms with van der Waals surface area (Å²) in [5.41, 5.74) is 1.09. The van der Waals surface area contributed by atoms with Crippen molar-refractivity contribution < 1.29 is 14.2 Å². The maximum absolute atomic E-state index is 5.52. The zero-order valence-electron chi connectivity index (χ0n) is 17.3. The van der Waals surface area contributed by atoms with Crippen molar-refractivity contribution in [3.63, 3.8) is 0 Å². The van der Waals surface area contributed by atoms with Crippen LogP contribution in [0.1, 0.15) is 19.4 Å². The Bertz CT molecular complexity index is 603. The van der Waals surface area contributed by atoms with E-state index in [0.29, 0.717) is 12.6 Å². The lowest BCUT2D eigenvalue weighted by Crippen LogP contribution is -2.44. The summed E-state index contributed by atoms with van der Waals surface area (Å²) in [6.07, 6.45) is 0. The van der Waals surface area contributed by atoms with Crippen LogP contribution in [0.4, 0.5) is 0 Å². The molecule has 1 atom stereocenters. The lowest BCUT2D eigenvalue weighted by Gasteiger charge is -2.32. The summed E-state index contributed by atoms with van der Waals surface area (Å²) in [6, 6.07) is 6.30. The minimum atomic E-state index is 0.395. The highest BCUT2D eigenvalue weighted by Crippen LogP contribution is 2.25. The van der Waals surface area contributed by atoms with Gasteiger partial charge in [0, 0.05) is 50.9 Å². The van der Waals surface area contributed by atoms with Gasteiger partial charge in [-0.05, 0) is 26.0 Å². The predicted molar refractivity (Wildman–Crippen MR) is 109 cm³/mol. The molecule has 1 aromatic rings. The maximum Gasteiger partial charge on any atom is 0.194 e. The van der Waals surface area contributed by atoms with Gasteiger partial charge < -0.3 is 24.4 Å². The number of rotatable bonds is 8. The van der Waals surface area contributed by atoms with Crippen LogP contribution in [0.5, 0.6) is 11.5 Å². The Hall–Kier alpha value is -1.99. The van der Waals surface area contributed by atoms with E-state index in [1.165, 1.54) is 0 Å². The second kappa shape index (κ2) is 11.0. The summed E-state index contributed by atoms with van der Waals surface area (Å²) in [5, 5.41) is 3.39. The summed E-state index contributed by atoms with van der Waals surface area (Å²) in [4.78, 5) is 9.42. The van der Waals surface area contributed by atoms with Crippen molar-refractivity contribution in [2.75, 3.05) is 60.7 Å². The van der Waals surface area contributed by atoms with Crippen LogP contribution in [-0.4, -0.2) is 82.5 Å². The fourth-order valence-electron chi connectivity index (χ4n) is 3.13. The van der Waals surface area contributed by atoms with Crippen LogP contribution in [-0.2, 0) is 11.3 Å². The first-order chi connectivity index (χ1) is 13.1. The third-order valence-corrected chi connectivity index (χ3v) is 4.77. The smallest absolute Gasteiger partial charge is 0.194 e.